The number of benzene rings is 1. The van der Waals surface area contributed by atoms with E-state index in [9.17, 15) is 9.90 Å². The van der Waals surface area contributed by atoms with E-state index in [-0.39, 0.29) is 5.75 Å². The van der Waals surface area contributed by atoms with Crippen LogP contribution in [0.2, 0.25) is 0 Å². The first-order valence-corrected chi connectivity index (χ1v) is 6.74. The lowest BCUT2D eigenvalue weighted by Crippen LogP contribution is -2.26. The van der Waals surface area contributed by atoms with E-state index in [4.69, 9.17) is 10.2 Å². The normalized spacial score (nSPS) is 11.3. The lowest BCUT2D eigenvalue weighted by molar-refractivity contribution is 0.110. The number of aryl methyl sites for hydroxylation is 1. The maximum atomic E-state index is 11.1. The maximum Gasteiger partial charge on any atom is 0.185 e. The summed E-state index contributed by atoms with van der Waals surface area (Å²) in [6, 6.07) is 4.88. The van der Waals surface area contributed by atoms with Crippen LogP contribution in [0.3, 0.4) is 0 Å². The van der Waals surface area contributed by atoms with Gasteiger partial charge in [0.05, 0.1) is 0 Å². The molecule has 0 unspecified atom stereocenters. The van der Waals surface area contributed by atoms with Crippen molar-refractivity contribution in [3.63, 3.8) is 0 Å². The topological polar surface area (TPSA) is 79.7 Å². The fraction of sp³-hybridized carbons (Fsp3) is 0.400. The number of carbonyl (C=O) groups is 1. The van der Waals surface area contributed by atoms with E-state index in [1.807, 2.05) is 7.05 Å². The number of furan rings is 1. The van der Waals surface area contributed by atoms with Crippen LogP contribution in [-0.4, -0.2) is 43.0 Å². The summed E-state index contributed by atoms with van der Waals surface area (Å²) in [4.78, 5) is 13.3. The van der Waals surface area contributed by atoms with Gasteiger partial charge in [-0.2, -0.15) is 0 Å². The largest absolute Gasteiger partial charge is 0.508 e. The number of hydrogen-bond donors (Lipinski definition) is 2. The molecule has 0 radical (unpaired) electrons. The van der Waals surface area contributed by atoms with Crippen LogP contribution in [-0.2, 0) is 6.42 Å². The number of nitrogens with two attached hydrogens (primary N) is 1. The Labute approximate surface area is 118 Å². The molecular weight excluding hydrogens is 256 g/mol. The molecule has 0 atom stereocenters. The predicted octanol–water partition coefficient (Wildman–Crippen LogP) is 1.77. The quantitative estimate of drug-likeness (QED) is 0.753. The van der Waals surface area contributed by atoms with E-state index in [1.165, 1.54) is 0 Å². The minimum absolute atomic E-state index is 0.178. The Morgan fingerprint density at radius 2 is 2.20 bits per heavy atom. The van der Waals surface area contributed by atoms with Gasteiger partial charge in [-0.05, 0) is 44.6 Å². The summed E-state index contributed by atoms with van der Waals surface area (Å²) in [5.74, 6) is 0.532. The van der Waals surface area contributed by atoms with Crippen LogP contribution in [0.1, 0.15) is 22.5 Å². The summed E-state index contributed by atoms with van der Waals surface area (Å²) in [5, 5.41) is 10.4. The van der Waals surface area contributed by atoms with E-state index < -0.39 is 0 Å². The van der Waals surface area contributed by atoms with E-state index in [2.05, 4.69) is 4.90 Å². The van der Waals surface area contributed by atoms with Gasteiger partial charge in [-0.25, -0.2) is 0 Å². The Morgan fingerprint density at radius 3 is 2.90 bits per heavy atom. The second kappa shape index (κ2) is 6.54. The van der Waals surface area contributed by atoms with Crippen molar-refractivity contribution in [2.24, 2.45) is 5.73 Å². The smallest absolute Gasteiger partial charge is 0.185 e. The molecular formula is C15H20N2O3. The number of hydrogen-bond acceptors (Lipinski definition) is 5. The number of aldehydes is 1. The summed E-state index contributed by atoms with van der Waals surface area (Å²) in [6.07, 6.45) is 2.37. The van der Waals surface area contributed by atoms with Crippen molar-refractivity contribution in [3.8, 4) is 5.75 Å². The standard InChI is InChI=1S/C15H20N2O3/c1-17(8-6-16)7-2-3-12-13-9-11(19)4-5-14(13)20-15(12)10-18/h4-5,9-10,19H,2-3,6-8,16H2,1H3. The van der Waals surface area contributed by atoms with Gasteiger partial charge in [0.15, 0.2) is 12.0 Å². The molecule has 1 heterocycles. The van der Waals surface area contributed by atoms with Crippen LogP contribution in [0.4, 0.5) is 0 Å². The predicted molar refractivity (Wildman–Crippen MR) is 78.1 cm³/mol. The number of rotatable bonds is 7. The van der Waals surface area contributed by atoms with Gasteiger partial charge in [0.1, 0.15) is 11.3 Å². The van der Waals surface area contributed by atoms with Gasteiger partial charge in [-0.1, -0.05) is 0 Å². The average Bonchev–Trinajstić information content (AvgIpc) is 2.77. The molecule has 0 aliphatic rings. The van der Waals surface area contributed by atoms with E-state index >= 15 is 0 Å². The summed E-state index contributed by atoms with van der Waals surface area (Å²) >= 11 is 0. The van der Waals surface area contributed by atoms with Gasteiger partial charge < -0.3 is 20.2 Å². The molecule has 0 saturated carbocycles. The van der Waals surface area contributed by atoms with Crippen LogP contribution in [0.15, 0.2) is 22.6 Å². The molecule has 2 aromatic rings. The molecule has 1 aromatic heterocycles. The van der Waals surface area contributed by atoms with E-state index in [0.29, 0.717) is 17.9 Å². The van der Waals surface area contributed by atoms with Crippen molar-refractivity contribution in [3.05, 3.63) is 29.5 Å². The molecule has 0 aliphatic carbocycles. The third-order valence-electron chi connectivity index (χ3n) is 3.39. The Bertz CT molecular complexity index is 592. The molecule has 2 rings (SSSR count). The zero-order chi connectivity index (χ0) is 14.5. The van der Waals surface area contributed by atoms with Gasteiger partial charge in [0.2, 0.25) is 0 Å². The summed E-state index contributed by atoms with van der Waals surface area (Å²) < 4.78 is 5.50. The van der Waals surface area contributed by atoms with Crippen molar-refractivity contribution in [1.29, 1.82) is 0 Å². The first-order valence-electron chi connectivity index (χ1n) is 6.74. The van der Waals surface area contributed by atoms with Gasteiger partial charge in [0, 0.05) is 24.0 Å². The number of fused-ring (bicyclic) bond motifs is 1. The Kier molecular flexibility index (Phi) is 4.76. The first kappa shape index (κ1) is 14.6. The number of nitrogens with zero attached hydrogens (tertiary/aromatic N) is 1. The second-order valence-corrected chi connectivity index (χ2v) is 4.94. The maximum absolute atomic E-state index is 11.1. The Morgan fingerprint density at radius 1 is 1.40 bits per heavy atom. The van der Waals surface area contributed by atoms with Gasteiger partial charge in [0.25, 0.3) is 0 Å². The molecule has 20 heavy (non-hydrogen) atoms. The highest BCUT2D eigenvalue weighted by molar-refractivity contribution is 5.90. The third kappa shape index (κ3) is 3.18. The Hall–Kier alpha value is -1.85. The zero-order valence-electron chi connectivity index (χ0n) is 11.6. The van der Waals surface area contributed by atoms with E-state index in [1.54, 1.807) is 18.2 Å². The molecule has 108 valence electrons. The van der Waals surface area contributed by atoms with Gasteiger partial charge in [-0.3, -0.25) is 4.79 Å². The highest BCUT2D eigenvalue weighted by Crippen LogP contribution is 2.29. The zero-order valence-corrected chi connectivity index (χ0v) is 11.6. The molecule has 0 spiro atoms. The van der Waals surface area contributed by atoms with Crippen LogP contribution >= 0.6 is 0 Å². The molecule has 0 fully saturated rings. The number of carbonyl (C=O) groups excluding carboxylic acids is 1. The molecule has 0 saturated heterocycles. The first-order chi connectivity index (χ1) is 9.65. The number of likely N-dealkylation sites (N-methyl/N-ethyl adjacent to an activating group) is 1. The number of aromatic hydroxyl groups is 1. The second-order valence-electron chi connectivity index (χ2n) is 4.94. The average molecular weight is 276 g/mol. The molecule has 0 amide bonds. The molecule has 3 N–H and O–H groups in total. The fourth-order valence-corrected chi connectivity index (χ4v) is 2.37. The Balaban J connectivity index is 2.15. The number of phenols is 1. The minimum Gasteiger partial charge on any atom is -0.508 e. The molecule has 1 aromatic carbocycles. The van der Waals surface area contributed by atoms with Crippen LogP contribution in [0.25, 0.3) is 11.0 Å². The third-order valence-corrected chi connectivity index (χ3v) is 3.39. The lowest BCUT2D eigenvalue weighted by Gasteiger charge is -2.14. The SMILES string of the molecule is CN(CCN)CCCc1c(C=O)oc2ccc(O)cc12. The summed E-state index contributed by atoms with van der Waals surface area (Å²) in [5.41, 5.74) is 7.00. The van der Waals surface area contributed by atoms with Gasteiger partial charge >= 0.3 is 0 Å². The molecule has 0 bridgehead atoms. The minimum atomic E-state index is 0.178. The van der Waals surface area contributed by atoms with Crippen molar-refractivity contribution in [2.75, 3.05) is 26.7 Å². The van der Waals surface area contributed by atoms with Crippen molar-refractivity contribution in [1.82, 2.24) is 4.90 Å². The fourth-order valence-electron chi connectivity index (χ4n) is 2.37. The van der Waals surface area contributed by atoms with Crippen molar-refractivity contribution < 1.29 is 14.3 Å². The van der Waals surface area contributed by atoms with E-state index in [0.717, 1.165) is 43.2 Å². The van der Waals surface area contributed by atoms with Crippen LogP contribution in [0.5, 0.6) is 5.75 Å². The van der Waals surface area contributed by atoms with Gasteiger partial charge in [-0.15, -0.1) is 0 Å². The number of phenolic OH excluding ortho intramolecular Hbond substituents is 1. The van der Waals surface area contributed by atoms with Crippen molar-refractivity contribution >= 4 is 17.3 Å². The molecule has 5 nitrogen and oxygen atoms in total. The molecule has 5 heteroatoms. The van der Waals surface area contributed by atoms with Crippen LogP contribution < -0.4 is 5.73 Å². The monoisotopic (exact) mass is 276 g/mol. The van der Waals surface area contributed by atoms with Crippen molar-refractivity contribution in [2.45, 2.75) is 12.8 Å². The highest BCUT2D eigenvalue weighted by atomic mass is 16.3. The summed E-state index contributed by atoms with van der Waals surface area (Å²) in [6.45, 7) is 2.40. The molecule has 0 aliphatic heterocycles. The highest BCUT2D eigenvalue weighted by Gasteiger charge is 2.14. The lowest BCUT2D eigenvalue weighted by atomic mass is 10.1. The summed E-state index contributed by atoms with van der Waals surface area (Å²) in [7, 11) is 2.02. The van der Waals surface area contributed by atoms with Crippen LogP contribution in [0, 0.1) is 0 Å².